The Morgan fingerprint density at radius 3 is 2.41 bits per heavy atom. The quantitative estimate of drug-likeness (QED) is 0.825. The Morgan fingerprint density at radius 2 is 1.86 bits per heavy atom. The minimum absolute atomic E-state index is 0.189. The Hall–Kier alpha value is -1.92. The lowest BCUT2D eigenvalue weighted by Crippen LogP contribution is -2.37. The van der Waals surface area contributed by atoms with Crippen LogP contribution in [0.5, 0.6) is 0 Å². The van der Waals surface area contributed by atoms with Gasteiger partial charge in [0.05, 0.1) is 28.6 Å². The lowest BCUT2D eigenvalue weighted by molar-refractivity contribution is 0.177. The van der Waals surface area contributed by atoms with Crippen molar-refractivity contribution in [2.45, 2.75) is 51.5 Å². The van der Waals surface area contributed by atoms with Crippen LogP contribution in [0, 0.1) is 0 Å². The molecule has 2 N–H and O–H groups in total. The molecule has 2 aromatic rings. The standard InChI is InChI=1S/C16H21N3O3/c1-9(20)13-16(3,4)19(13)18-14(10(2)21)17-12-8-6-5-7-11(12)15(18)22/h5-10,13,20-21H,1-4H3/t9-,10+,13+,19?/m1/s1. The van der Waals surface area contributed by atoms with Gasteiger partial charge in [0.1, 0.15) is 6.10 Å². The third-order valence-electron chi connectivity index (χ3n) is 4.33. The highest BCUT2D eigenvalue weighted by Crippen LogP contribution is 2.40. The number of aliphatic hydroxyl groups excluding tert-OH is 2. The maximum Gasteiger partial charge on any atom is 0.280 e. The molecule has 118 valence electrons. The summed E-state index contributed by atoms with van der Waals surface area (Å²) in [5.74, 6) is 0.292. The van der Waals surface area contributed by atoms with E-state index in [1.54, 1.807) is 37.1 Å². The van der Waals surface area contributed by atoms with Crippen molar-refractivity contribution in [3.63, 3.8) is 0 Å². The first kappa shape index (κ1) is 15.0. The Morgan fingerprint density at radius 1 is 1.23 bits per heavy atom. The molecule has 0 amide bonds. The lowest BCUT2D eigenvalue weighted by Gasteiger charge is -2.19. The van der Waals surface area contributed by atoms with Gasteiger partial charge in [-0.1, -0.05) is 12.1 Å². The first-order valence-electron chi connectivity index (χ1n) is 7.44. The van der Waals surface area contributed by atoms with E-state index in [2.05, 4.69) is 4.98 Å². The van der Waals surface area contributed by atoms with Crippen LogP contribution >= 0.6 is 0 Å². The number of hydrogen-bond acceptors (Lipinski definition) is 5. The highest BCUT2D eigenvalue weighted by Gasteiger charge is 2.60. The highest BCUT2D eigenvalue weighted by molar-refractivity contribution is 5.77. The molecule has 0 spiro atoms. The van der Waals surface area contributed by atoms with Crippen molar-refractivity contribution in [1.29, 1.82) is 0 Å². The summed E-state index contributed by atoms with van der Waals surface area (Å²) in [6.45, 7) is 7.20. The molecule has 1 saturated heterocycles. The number of nitrogens with zero attached hydrogens (tertiary/aromatic N) is 3. The summed E-state index contributed by atoms with van der Waals surface area (Å²) in [4.78, 5) is 17.3. The zero-order valence-electron chi connectivity index (χ0n) is 13.2. The van der Waals surface area contributed by atoms with Crippen molar-refractivity contribution in [3.05, 3.63) is 40.4 Å². The monoisotopic (exact) mass is 303 g/mol. The second-order valence-corrected chi connectivity index (χ2v) is 6.46. The summed E-state index contributed by atoms with van der Waals surface area (Å²) in [6.07, 6.45) is -1.47. The number of aliphatic hydroxyl groups is 2. The first-order chi connectivity index (χ1) is 10.3. The molecule has 0 radical (unpaired) electrons. The van der Waals surface area contributed by atoms with Gasteiger partial charge >= 0.3 is 0 Å². The molecule has 6 nitrogen and oxygen atoms in total. The fourth-order valence-electron chi connectivity index (χ4n) is 3.29. The first-order valence-corrected chi connectivity index (χ1v) is 7.44. The Kier molecular flexibility index (Phi) is 3.27. The van der Waals surface area contributed by atoms with E-state index in [1.165, 1.54) is 4.68 Å². The molecule has 1 aliphatic rings. The van der Waals surface area contributed by atoms with E-state index in [9.17, 15) is 15.0 Å². The van der Waals surface area contributed by atoms with Crippen LogP contribution in [0.2, 0.25) is 0 Å². The number of benzene rings is 1. The van der Waals surface area contributed by atoms with Crippen LogP contribution in [-0.2, 0) is 0 Å². The molecule has 1 aromatic carbocycles. The van der Waals surface area contributed by atoms with Crippen molar-refractivity contribution >= 4 is 10.9 Å². The van der Waals surface area contributed by atoms with Gasteiger partial charge in [-0.05, 0) is 39.8 Å². The van der Waals surface area contributed by atoms with E-state index in [-0.39, 0.29) is 17.1 Å². The summed E-state index contributed by atoms with van der Waals surface area (Å²) in [5, 5.41) is 22.3. The SMILES string of the molecule is C[C@H](O)c1nc2ccccc2c(=O)n1N1[C@@H]([C@@H](C)O)C1(C)C. The van der Waals surface area contributed by atoms with E-state index in [4.69, 9.17) is 0 Å². The molecular weight excluding hydrogens is 282 g/mol. The fourth-order valence-corrected chi connectivity index (χ4v) is 3.29. The lowest BCUT2D eigenvalue weighted by atomic mass is 10.1. The third-order valence-corrected chi connectivity index (χ3v) is 4.33. The van der Waals surface area contributed by atoms with Gasteiger partial charge in [0.15, 0.2) is 5.82 Å². The molecule has 1 aromatic heterocycles. The second-order valence-electron chi connectivity index (χ2n) is 6.46. The zero-order chi connectivity index (χ0) is 16.2. The predicted octanol–water partition coefficient (Wildman–Crippen LogP) is 0.929. The van der Waals surface area contributed by atoms with Gasteiger partial charge in [-0.3, -0.25) is 9.80 Å². The third kappa shape index (κ3) is 2.02. The molecule has 0 unspecified atom stereocenters. The van der Waals surface area contributed by atoms with Crippen molar-refractivity contribution in [3.8, 4) is 0 Å². The fraction of sp³-hybridized carbons (Fsp3) is 0.500. The zero-order valence-corrected chi connectivity index (χ0v) is 13.2. The second kappa shape index (κ2) is 4.79. The average Bonchev–Trinajstić information content (AvgIpc) is 3.01. The van der Waals surface area contributed by atoms with Crippen molar-refractivity contribution in [2.75, 3.05) is 5.01 Å². The summed E-state index contributed by atoms with van der Waals surface area (Å²) in [7, 11) is 0. The molecular formula is C16H21N3O3. The molecule has 0 bridgehead atoms. The van der Waals surface area contributed by atoms with E-state index in [0.717, 1.165) is 0 Å². The molecule has 0 saturated carbocycles. The van der Waals surface area contributed by atoms with Crippen molar-refractivity contribution in [1.82, 2.24) is 9.66 Å². The Labute approximate surface area is 128 Å². The molecule has 2 heterocycles. The number of fused-ring (bicyclic) bond motifs is 1. The largest absolute Gasteiger partial charge is 0.391 e. The number of hydrogen-bond donors (Lipinski definition) is 2. The van der Waals surface area contributed by atoms with E-state index in [0.29, 0.717) is 16.7 Å². The normalized spacial score (nSPS) is 22.6. The molecule has 22 heavy (non-hydrogen) atoms. The van der Waals surface area contributed by atoms with Crippen LogP contribution in [0.1, 0.15) is 39.6 Å². The van der Waals surface area contributed by atoms with Crippen molar-refractivity contribution in [2.24, 2.45) is 0 Å². The van der Waals surface area contributed by atoms with Crippen LogP contribution in [0.4, 0.5) is 0 Å². The summed E-state index contributed by atoms with van der Waals surface area (Å²) in [6, 6.07) is 6.89. The molecule has 1 aliphatic heterocycles. The van der Waals surface area contributed by atoms with Gasteiger partial charge in [-0.2, -0.15) is 0 Å². The maximum atomic E-state index is 12.9. The van der Waals surface area contributed by atoms with Crippen molar-refractivity contribution < 1.29 is 10.2 Å². The van der Waals surface area contributed by atoms with E-state index < -0.39 is 12.2 Å². The van der Waals surface area contributed by atoms with Gasteiger partial charge in [-0.15, -0.1) is 0 Å². The molecule has 3 rings (SSSR count). The van der Waals surface area contributed by atoms with Crippen LogP contribution in [0.15, 0.2) is 29.1 Å². The summed E-state index contributed by atoms with van der Waals surface area (Å²) < 4.78 is 1.42. The predicted molar refractivity (Wildman–Crippen MR) is 84.4 cm³/mol. The Balaban J connectivity index is 2.27. The molecule has 3 atom stereocenters. The topological polar surface area (TPSA) is 78.4 Å². The van der Waals surface area contributed by atoms with Gasteiger partial charge in [0, 0.05) is 0 Å². The minimum atomic E-state index is -0.886. The maximum absolute atomic E-state index is 12.9. The van der Waals surface area contributed by atoms with Gasteiger partial charge < -0.3 is 10.2 Å². The smallest absolute Gasteiger partial charge is 0.280 e. The number of rotatable bonds is 3. The molecule has 1 fully saturated rings. The molecule has 0 aliphatic carbocycles. The molecule has 6 heteroatoms. The van der Waals surface area contributed by atoms with Gasteiger partial charge in [-0.25, -0.2) is 9.66 Å². The van der Waals surface area contributed by atoms with E-state index >= 15 is 0 Å². The van der Waals surface area contributed by atoms with Crippen LogP contribution in [0.3, 0.4) is 0 Å². The van der Waals surface area contributed by atoms with Crippen LogP contribution in [0.25, 0.3) is 10.9 Å². The van der Waals surface area contributed by atoms with Crippen LogP contribution < -0.4 is 10.6 Å². The Bertz CT molecular complexity index is 780. The van der Waals surface area contributed by atoms with E-state index in [1.807, 2.05) is 19.9 Å². The highest BCUT2D eigenvalue weighted by atomic mass is 16.3. The number of para-hydroxylation sites is 1. The summed E-state index contributed by atoms with van der Waals surface area (Å²) >= 11 is 0. The average molecular weight is 303 g/mol. The number of aromatic nitrogens is 2. The van der Waals surface area contributed by atoms with Gasteiger partial charge in [0.25, 0.3) is 5.56 Å². The minimum Gasteiger partial charge on any atom is -0.391 e. The van der Waals surface area contributed by atoms with Crippen LogP contribution in [-0.4, -0.2) is 37.6 Å². The van der Waals surface area contributed by atoms with Gasteiger partial charge in [0.2, 0.25) is 0 Å². The summed E-state index contributed by atoms with van der Waals surface area (Å²) in [5.41, 5.74) is -0.0307.